The van der Waals surface area contributed by atoms with Gasteiger partial charge in [0.1, 0.15) is 18.5 Å². The van der Waals surface area contributed by atoms with Gasteiger partial charge in [-0.3, -0.25) is 38.4 Å². The number of halogens is 2. The van der Waals surface area contributed by atoms with E-state index in [1.807, 2.05) is 6.92 Å². The fourth-order valence-corrected chi connectivity index (χ4v) is 14.3. The van der Waals surface area contributed by atoms with Gasteiger partial charge in [-0.25, -0.2) is 13.7 Å². The summed E-state index contributed by atoms with van der Waals surface area (Å²) in [5.74, 6) is -5.03. The van der Waals surface area contributed by atoms with Crippen LogP contribution in [-0.4, -0.2) is 171 Å². The molecule has 2 aromatic carbocycles. The maximum atomic E-state index is 17.9. The van der Waals surface area contributed by atoms with Gasteiger partial charge in [0, 0.05) is 54.2 Å². The number of carbonyl (C=O) groups is 8. The summed E-state index contributed by atoms with van der Waals surface area (Å²) in [6.45, 7) is 12.6. The Kier molecular flexibility index (Phi) is 22.6. The predicted molar refractivity (Wildman–Crippen MR) is 318 cm³/mol. The van der Waals surface area contributed by atoms with E-state index in [1.165, 1.54) is 35.7 Å². The van der Waals surface area contributed by atoms with Gasteiger partial charge in [-0.2, -0.15) is 11.8 Å². The maximum absolute atomic E-state index is 17.9. The number of ether oxygens (including phenoxy) is 7. The molecule has 4 aliphatic carbocycles. The average molecular weight is 1240 g/mol. The number of allylic oxidation sites excluding steroid dienone is 4. The SMILES string of the molecule is CCCC1O[C@@H]2C[C@H]3[C@@H]4C[C@H](F)C5=CC(=O)C=C[C@]5(C)[C@@]4(F)[C@@H](O)C[C@]3(C)[C@]2(C(=O)COc2ccc(NC(=O)[C@H](C)CC(=O)[C@@H](NC(=O)CCOCCOCCOCCOCCNC(=O)Cc3ccc(N4C(=O)CC(SC)C4=O)cc3)C(C)C)cc2)O1. The van der Waals surface area contributed by atoms with Crippen molar-refractivity contribution in [3.63, 3.8) is 0 Å². The summed E-state index contributed by atoms with van der Waals surface area (Å²) >= 11 is 1.35. The highest BCUT2D eigenvalue weighted by Crippen LogP contribution is 2.72. The van der Waals surface area contributed by atoms with Crippen LogP contribution >= 0.6 is 11.8 Å². The quantitative estimate of drug-likeness (QED) is 0.0461. The Morgan fingerprint density at radius 1 is 0.862 bits per heavy atom. The van der Waals surface area contributed by atoms with Crippen LogP contribution in [0.25, 0.3) is 0 Å². The third-order valence-corrected chi connectivity index (χ3v) is 19.2. The van der Waals surface area contributed by atoms with Crippen molar-refractivity contribution in [1.29, 1.82) is 0 Å². The van der Waals surface area contributed by atoms with E-state index in [9.17, 15) is 43.5 Å². The van der Waals surface area contributed by atoms with E-state index in [2.05, 4.69) is 16.0 Å². The monoisotopic (exact) mass is 1230 g/mol. The molecule has 13 atom stereocenters. The number of anilines is 2. The Labute approximate surface area is 511 Å². The number of carbonyl (C=O) groups excluding carboxylic acids is 8. The van der Waals surface area contributed by atoms with Gasteiger partial charge < -0.3 is 54.2 Å². The number of amides is 5. The lowest BCUT2D eigenvalue weighted by atomic mass is 9.44. The summed E-state index contributed by atoms with van der Waals surface area (Å²) in [5, 5.41) is 20.0. The normalized spacial score (nSPS) is 29.6. The molecule has 2 unspecified atom stereocenters. The number of Topliss-reactive ketones (excluding diaryl/α,β-unsaturated/α-hetero) is 2. The number of thioether (sulfide) groups is 1. The molecular weight excluding hydrogens is 1150 g/mol. The molecule has 0 bridgehead atoms. The van der Waals surface area contributed by atoms with Crippen LogP contribution < -0.4 is 25.6 Å². The first kappa shape index (κ1) is 67.1. The van der Waals surface area contributed by atoms with Crippen molar-refractivity contribution in [3.8, 4) is 5.75 Å². The highest BCUT2D eigenvalue weighted by atomic mass is 32.2. The van der Waals surface area contributed by atoms with Crippen molar-refractivity contribution in [2.75, 3.05) is 82.5 Å². The second-order valence-electron chi connectivity index (χ2n) is 24.3. The molecule has 2 heterocycles. The molecule has 87 heavy (non-hydrogen) atoms. The van der Waals surface area contributed by atoms with Crippen LogP contribution in [0.4, 0.5) is 20.2 Å². The van der Waals surface area contributed by atoms with Gasteiger partial charge in [-0.05, 0) is 110 Å². The van der Waals surface area contributed by atoms with E-state index < -0.39 is 94.6 Å². The number of aliphatic hydroxyl groups is 1. The Morgan fingerprint density at radius 2 is 1.52 bits per heavy atom. The number of imide groups is 1. The van der Waals surface area contributed by atoms with Gasteiger partial charge in [0.15, 0.2) is 29.1 Å². The van der Waals surface area contributed by atoms with Crippen LogP contribution in [0.5, 0.6) is 5.75 Å². The largest absolute Gasteiger partial charge is 0.486 e. The lowest BCUT2D eigenvalue weighted by molar-refractivity contribution is -0.234. The van der Waals surface area contributed by atoms with Crippen molar-refractivity contribution in [3.05, 3.63) is 77.9 Å². The first-order valence-electron chi connectivity index (χ1n) is 30.3. The van der Waals surface area contributed by atoms with Crippen molar-refractivity contribution in [1.82, 2.24) is 10.6 Å². The first-order chi connectivity index (χ1) is 41.5. The molecule has 5 amide bonds. The van der Waals surface area contributed by atoms with Gasteiger partial charge in [0.25, 0.3) is 0 Å². The summed E-state index contributed by atoms with van der Waals surface area (Å²) in [7, 11) is 0. The zero-order valence-corrected chi connectivity index (χ0v) is 51.6. The molecule has 3 saturated carbocycles. The van der Waals surface area contributed by atoms with Gasteiger partial charge >= 0.3 is 0 Å². The molecule has 6 aliphatic rings. The molecule has 8 rings (SSSR count). The van der Waals surface area contributed by atoms with Crippen LogP contribution in [0.15, 0.2) is 72.3 Å². The number of aliphatic hydroxyl groups excluding tert-OH is 1. The standard InChI is InChI=1S/C64H84F2N4O16S/c1-8-9-57-85-53-34-45-46-33-48(65)47-32-43(71)18-20-61(47,5)63(46,66)51(73)36-62(45,6)64(53,86-57)52(74)37-84-44-16-12-41(13-17-44)68-59(78)39(4)30-49(72)58(38(2)3)69-54(75)19-22-80-24-26-82-28-29-83-27-25-81-23-21-67-55(76)31-40-10-14-42(15-11-40)70-56(77)35-50(87-7)60(70)79/h10-18,20,32,38-39,45-46,48,50-51,53,57-58,73H,8-9,19,21-31,33-37H2,1-7H3,(H,67,76)(H,68,78)(H,69,75)/t39-,45+,46+,48+,50?,51+,53-,57?,58+,61+,62+,63+,64-/m1/s1. The van der Waals surface area contributed by atoms with Crippen LogP contribution in [-0.2, 0) is 73.2 Å². The number of nitrogens with one attached hydrogen (secondary N) is 3. The minimum Gasteiger partial charge on any atom is -0.486 e. The molecule has 20 nitrogen and oxygen atoms in total. The molecule has 476 valence electrons. The number of hydrogen-bond donors (Lipinski definition) is 4. The molecule has 0 aromatic heterocycles. The summed E-state index contributed by atoms with van der Waals surface area (Å²) in [6, 6.07) is 12.3. The Bertz CT molecular complexity index is 2900. The van der Waals surface area contributed by atoms with Crippen molar-refractivity contribution < 1.29 is 85.4 Å². The minimum absolute atomic E-state index is 0.00551. The smallest absolute Gasteiger partial charge is 0.247 e. The van der Waals surface area contributed by atoms with E-state index in [0.717, 1.165) is 11.6 Å². The minimum atomic E-state index is -2.34. The summed E-state index contributed by atoms with van der Waals surface area (Å²) < 4.78 is 75.3. The molecule has 4 N–H and O–H groups in total. The summed E-state index contributed by atoms with van der Waals surface area (Å²) in [4.78, 5) is 105. The van der Waals surface area contributed by atoms with Crippen LogP contribution in [0.2, 0.25) is 0 Å². The Hall–Kier alpha value is -5.79. The summed E-state index contributed by atoms with van der Waals surface area (Å²) in [6.07, 6.45) is 1.84. The third-order valence-electron chi connectivity index (χ3n) is 18.2. The number of benzene rings is 2. The maximum Gasteiger partial charge on any atom is 0.247 e. The number of alkyl halides is 2. The van der Waals surface area contributed by atoms with Crippen molar-refractivity contribution in [2.24, 2.45) is 34.5 Å². The van der Waals surface area contributed by atoms with Crippen LogP contribution in [0, 0.1) is 34.5 Å². The third kappa shape index (κ3) is 14.5. The first-order valence-corrected chi connectivity index (χ1v) is 31.5. The number of nitrogens with zero attached hydrogens (tertiary/aromatic N) is 1. The Morgan fingerprint density at radius 3 is 2.15 bits per heavy atom. The molecule has 2 aliphatic heterocycles. The molecule has 23 heteroatoms. The lowest BCUT2D eigenvalue weighted by Crippen LogP contribution is -2.71. The molecule has 5 fully saturated rings. The number of ketones is 3. The Balaban J connectivity index is 0.684. The zero-order chi connectivity index (χ0) is 62.8. The van der Waals surface area contributed by atoms with Crippen LogP contribution in [0.1, 0.15) is 98.5 Å². The van der Waals surface area contributed by atoms with E-state index in [-0.39, 0.29) is 111 Å². The van der Waals surface area contributed by atoms with E-state index in [1.54, 1.807) is 82.5 Å². The molecular formula is C64H84F2N4O16S. The predicted octanol–water partition coefficient (Wildman–Crippen LogP) is 6.33. The number of fused-ring (bicyclic) bond motifs is 7. The fraction of sp³-hybridized carbons (Fsp3) is 0.625. The van der Waals surface area contributed by atoms with Gasteiger partial charge in [-0.15, -0.1) is 0 Å². The number of rotatable bonds is 32. The highest BCUT2D eigenvalue weighted by molar-refractivity contribution is 8.00. The van der Waals surface area contributed by atoms with Crippen LogP contribution in [0.3, 0.4) is 0 Å². The molecule has 2 saturated heterocycles. The molecule has 0 spiro atoms. The van der Waals surface area contributed by atoms with Gasteiger partial charge in [-0.1, -0.05) is 59.2 Å². The van der Waals surface area contributed by atoms with Crippen molar-refractivity contribution >= 4 is 70.0 Å². The summed E-state index contributed by atoms with van der Waals surface area (Å²) in [5.41, 5.74) is -5.08. The molecule has 0 radical (unpaired) electrons. The second-order valence-corrected chi connectivity index (χ2v) is 25.3. The fourth-order valence-electron chi connectivity index (χ4n) is 13.7. The van der Waals surface area contributed by atoms with E-state index in [4.69, 9.17) is 33.2 Å². The topological polar surface area (TPSA) is 261 Å². The van der Waals surface area contributed by atoms with E-state index >= 15 is 8.78 Å². The molecule has 2 aromatic rings. The second kappa shape index (κ2) is 29.2. The average Bonchev–Trinajstić information content (AvgIpc) is 1.59. The van der Waals surface area contributed by atoms with Crippen molar-refractivity contribution in [2.45, 2.75) is 147 Å². The van der Waals surface area contributed by atoms with Gasteiger partial charge in [0.05, 0.1) is 88.5 Å². The van der Waals surface area contributed by atoms with E-state index in [0.29, 0.717) is 69.5 Å². The zero-order valence-electron chi connectivity index (χ0n) is 50.7. The van der Waals surface area contributed by atoms with Gasteiger partial charge in [0.2, 0.25) is 35.3 Å². The highest BCUT2D eigenvalue weighted by Gasteiger charge is 2.80. The number of hydrogen-bond acceptors (Lipinski definition) is 17. The lowest BCUT2D eigenvalue weighted by Gasteiger charge is -2.63.